The lowest BCUT2D eigenvalue weighted by Gasteiger charge is -2.42. The Morgan fingerprint density at radius 1 is 1.23 bits per heavy atom. The number of aliphatic hydroxyl groups excluding tert-OH is 1. The van der Waals surface area contributed by atoms with E-state index in [0.717, 1.165) is 0 Å². The number of hydrogen-bond acceptors (Lipinski definition) is 7. The molecule has 2 aromatic rings. The number of carbonyl (C=O) groups excluding carboxylic acids is 2. The van der Waals surface area contributed by atoms with E-state index in [2.05, 4.69) is 5.32 Å². The number of ether oxygens (including phenoxy) is 2. The molecule has 2 amide bonds. The molecule has 0 saturated carbocycles. The summed E-state index contributed by atoms with van der Waals surface area (Å²) in [6.07, 6.45) is -0.654. The molecule has 2 aliphatic heterocycles. The van der Waals surface area contributed by atoms with Gasteiger partial charge in [0.15, 0.2) is 11.6 Å². The van der Waals surface area contributed by atoms with Gasteiger partial charge in [-0.1, -0.05) is 38.1 Å². The van der Waals surface area contributed by atoms with E-state index in [1.165, 1.54) is 36.3 Å². The van der Waals surface area contributed by atoms with Gasteiger partial charge in [-0.15, -0.1) is 0 Å². The lowest BCUT2D eigenvalue weighted by molar-refractivity contribution is -0.135. The maximum atomic E-state index is 14.7. The Hall–Kier alpha value is -3.57. The third kappa shape index (κ3) is 4.23. The van der Waals surface area contributed by atoms with Crippen molar-refractivity contribution in [2.24, 2.45) is 10.7 Å². The number of hydrogen-bond donors (Lipinski definition) is 3. The first-order chi connectivity index (χ1) is 18.9. The van der Waals surface area contributed by atoms with Crippen molar-refractivity contribution in [1.29, 1.82) is 0 Å². The van der Waals surface area contributed by atoms with E-state index >= 15 is 0 Å². The van der Waals surface area contributed by atoms with E-state index < -0.39 is 41.2 Å². The van der Waals surface area contributed by atoms with Crippen LogP contribution in [0, 0.1) is 0 Å². The molecule has 11 heteroatoms. The van der Waals surface area contributed by atoms with E-state index in [4.69, 9.17) is 20.2 Å². The van der Waals surface area contributed by atoms with E-state index in [1.807, 2.05) is 13.8 Å². The van der Waals surface area contributed by atoms with Crippen LogP contribution in [0.2, 0.25) is 0 Å². The number of aliphatic hydroxyl groups is 1. The average molecular weight is 557 g/mol. The predicted octanol–water partition coefficient (Wildman–Crippen LogP) is 3.57. The number of benzene rings is 2. The Morgan fingerprint density at radius 3 is 2.58 bits per heavy atom. The predicted molar refractivity (Wildman–Crippen MR) is 143 cm³/mol. The summed E-state index contributed by atoms with van der Waals surface area (Å²) in [7, 11) is 1.52. The van der Waals surface area contributed by atoms with Crippen LogP contribution in [0.4, 0.5) is 8.78 Å². The molecule has 0 aromatic heterocycles. The molecule has 2 aromatic carbocycles. The van der Waals surface area contributed by atoms with Crippen molar-refractivity contribution in [2.75, 3.05) is 13.7 Å². The second-order valence-corrected chi connectivity index (χ2v) is 11.0. The number of carbonyl (C=O) groups is 2. The van der Waals surface area contributed by atoms with Gasteiger partial charge < -0.3 is 25.6 Å². The minimum absolute atomic E-state index is 0.0616. The van der Waals surface area contributed by atoms with Gasteiger partial charge in [0.05, 0.1) is 24.6 Å². The molecule has 0 radical (unpaired) electrons. The summed E-state index contributed by atoms with van der Waals surface area (Å²) < 4.78 is 41.1. The topological polar surface area (TPSA) is 126 Å². The highest BCUT2D eigenvalue weighted by Crippen LogP contribution is 2.50. The van der Waals surface area contributed by atoms with Crippen molar-refractivity contribution in [3.8, 4) is 5.75 Å². The fourth-order valence-corrected chi connectivity index (χ4v) is 6.20. The number of nitrogens with two attached hydrogens (primary N) is 1. The van der Waals surface area contributed by atoms with Crippen molar-refractivity contribution < 1.29 is 33.0 Å². The monoisotopic (exact) mass is 556 g/mol. The van der Waals surface area contributed by atoms with Crippen LogP contribution in [0.1, 0.15) is 79.2 Å². The number of amides is 2. The summed E-state index contributed by atoms with van der Waals surface area (Å²) in [6.45, 7) is 5.83. The van der Waals surface area contributed by atoms with E-state index in [-0.39, 0.29) is 41.6 Å². The van der Waals surface area contributed by atoms with Gasteiger partial charge in [-0.05, 0) is 43.5 Å². The normalized spacial score (nSPS) is 28.0. The van der Waals surface area contributed by atoms with Gasteiger partial charge in [0.25, 0.3) is 5.91 Å². The van der Waals surface area contributed by atoms with Gasteiger partial charge in [-0.25, -0.2) is 4.99 Å². The fraction of sp³-hybridized carbons (Fsp3) is 0.483. The van der Waals surface area contributed by atoms with E-state index in [0.29, 0.717) is 24.2 Å². The van der Waals surface area contributed by atoms with Crippen molar-refractivity contribution >= 4 is 17.8 Å². The molecule has 2 heterocycles. The van der Waals surface area contributed by atoms with Crippen LogP contribution in [0.15, 0.2) is 47.5 Å². The maximum Gasteiger partial charge on any atom is 0.301 e. The number of methoxy groups -OCH3 is 1. The molecule has 1 aliphatic carbocycles. The van der Waals surface area contributed by atoms with Gasteiger partial charge in [0, 0.05) is 23.8 Å². The van der Waals surface area contributed by atoms with Crippen molar-refractivity contribution in [1.82, 2.24) is 10.2 Å². The number of nitrogens with one attached hydrogen (secondary N) is 1. The average Bonchev–Trinajstić information content (AvgIpc) is 3.31. The highest BCUT2D eigenvalue weighted by atomic mass is 19.3. The third-order valence-corrected chi connectivity index (χ3v) is 8.47. The number of alkyl halides is 2. The SMILES string of the molecule is CCC1(CC)CC(=O)N([C@H]2c3cc(C(=O)N[C@H]4c5ccccc5C(F)(F)[C@@H]4O)ccc3O[C@@]2(C)COC)C(N)=N1. The summed E-state index contributed by atoms with van der Waals surface area (Å²) in [4.78, 5) is 33.1. The summed E-state index contributed by atoms with van der Waals surface area (Å²) in [5.41, 5.74) is 5.28. The van der Waals surface area contributed by atoms with Crippen LogP contribution in [0.5, 0.6) is 5.75 Å². The minimum atomic E-state index is -3.51. The Bertz CT molecular complexity index is 1380. The zero-order valence-electron chi connectivity index (χ0n) is 22.9. The highest BCUT2D eigenvalue weighted by Gasteiger charge is 2.55. The summed E-state index contributed by atoms with van der Waals surface area (Å²) in [6, 6.07) is 8.33. The van der Waals surface area contributed by atoms with Crippen molar-refractivity contribution in [2.45, 2.75) is 75.3 Å². The lowest BCUT2D eigenvalue weighted by Crippen LogP contribution is -2.58. The van der Waals surface area contributed by atoms with Gasteiger partial charge >= 0.3 is 5.92 Å². The number of nitrogens with zero attached hydrogens (tertiary/aromatic N) is 2. The van der Waals surface area contributed by atoms with Gasteiger partial charge in [0.2, 0.25) is 5.91 Å². The van der Waals surface area contributed by atoms with Crippen LogP contribution < -0.4 is 15.8 Å². The standard InChI is InChI=1S/C29H34F2N4O5/c1-5-28(6-2)14-21(36)35(26(32)34-28)23-18-13-16(11-12-20(18)40-27(23,3)15-39-4)25(38)33-22-17-9-7-8-10-19(17)29(30,31)24(22)37/h7-13,22-24,37H,5-6,14-15H2,1-4H3,(H2,32,34)(H,33,38)/t22-,23-,24+,27-/m0/s1. The number of guanidine groups is 1. The first kappa shape index (κ1) is 28.0. The zero-order valence-corrected chi connectivity index (χ0v) is 22.9. The molecule has 0 bridgehead atoms. The van der Waals surface area contributed by atoms with Crippen LogP contribution >= 0.6 is 0 Å². The molecule has 40 heavy (non-hydrogen) atoms. The number of rotatable bonds is 7. The molecular formula is C29H34F2N4O5. The van der Waals surface area contributed by atoms with Gasteiger partial charge in [-0.3, -0.25) is 14.5 Å². The molecule has 0 fully saturated rings. The fourth-order valence-electron chi connectivity index (χ4n) is 6.20. The van der Waals surface area contributed by atoms with Gasteiger partial charge in [0.1, 0.15) is 17.9 Å². The zero-order chi connectivity index (χ0) is 29.0. The molecule has 0 unspecified atom stereocenters. The second-order valence-electron chi connectivity index (χ2n) is 11.0. The molecule has 9 nitrogen and oxygen atoms in total. The number of aliphatic imine (C=N–C) groups is 1. The molecule has 5 rings (SSSR count). The number of halogens is 2. The quantitative estimate of drug-likeness (QED) is 0.479. The number of fused-ring (bicyclic) bond motifs is 2. The Labute approximate surface area is 231 Å². The molecular weight excluding hydrogens is 522 g/mol. The second kappa shape index (κ2) is 9.81. The van der Waals surface area contributed by atoms with E-state index in [1.54, 1.807) is 25.1 Å². The summed E-state index contributed by atoms with van der Waals surface area (Å²) >= 11 is 0. The molecule has 4 N–H and O–H groups in total. The van der Waals surface area contributed by atoms with E-state index in [9.17, 15) is 23.5 Å². The van der Waals surface area contributed by atoms with Crippen molar-refractivity contribution in [3.05, 3.63) is 64.7 Å². The lowest BCUT2D eigenvalue weighted by atomic mass is 9.85. The van der Waals surface area contributed by atoms with Crippen LogP contribution in [-0.4, -0.2) is 58.7 Å². The molecule has 0 spiro atoms. The van der Waals surface area contributed by atoms with Crippen molar-refractivity contribution in [3.63, 3.8) is 0 Å². The smallest absolute Gasteiger partial charge is 0.301 e. The Balaban J connectivity index is 1.51. The third-order valence-electron chi connectivity index (χ3n) is 8.47. The minimum Gasteiger partial charge on any atom is -0.482 e. The van der Waals surface area contributed by atoms with Crippen LogP contribution in [-0.2, 0) is 15.5 Å². The first-order valence-corrected chi connectivity index (χ1v) is 13.4. The van der Waals surface area contributed by atoms with Gasteiger partial charge in [-0.2, -0.15) is 8.78 Å². The molecule has 0 saturated heterocycles. The Kier molecular flexibility index (Phi) is 6.86. The van der Waals surface area contributed by atoms with Crippen LogP contribution in [0.25, 0.3) is 0 Å². The molecule has 214 valence electrons. The maximum absolute atomic E-state index is 14.7. The molecule has 3 aliphatic rings. The first-order valence-electron chi connectivity index (χ1n) is 13.4. The molecule has 4 atom stereocenters. The highest BCUT2D eigenvalue weighted by molar-refractivity contribution is 6.00. The summed E-state index contributed by atoms with van der Waals surface area (Å²) in [5, 5.41) is 13.0. The Morgan fingerprint density at radius 2 is 1.93 bits per heavy atom. The van der Waals surface area contributed by atoms with Crippen LogP contribution in [0.3, 0.4) is 0 Å². The summed E-state index contributed by atoms with van der Waals surface area (Å²) in [5.74, 6) is -3.90. The largest absolute Gasteiger partial charge is 0.482 e.